The lowest BCUT2D eigenvalue weighted by Gasteiger charge is -2.16. The Hall–Kier alpha value is -3.07. The van der Waals surface area contributed by atoms with Gasteiger partial charge in [0.15, 0.2) is 23.0 Å². The molecule has 0 spiro atoms. The molecule has 0 N–H and O–H groups in total. The second-order valence-electron chi connectivity index (χ2n) is 4.77. The first-order valence-electron chi connectivity index (χ1n) is 7.09. The van der Waals surface area contributed by atoms with Crippen LogP contribution in [0.5, 0.6) is 28.7 Å². The average molecular weight is 329 g/mol. The summed E-state index contributed by atoms with van der Waals surface area (Å²) in [5.41, 5.74) is 1.76. The topological polar surface area (TPSA) is 69.9 Å². The molecular weight excluding hydrogens is 310 g/mol. The largest absolute Gasteiger partial charge is 0.496 e. The first-order valence-corrected chi connectivity index (χ1v) is 7.09. The summed E-state index contributed by atoms with van der Waals surface area (Å²) < 4.78 is 26.7. The number of methoxy groups -OCH3 is 5. The fourth-order valence-electron chi connectivity index (χ4n) is 2.43. The van der Waals surface area contributed by atoms with Crippen LogP contribution < -0.4 is 23.7 Å². The van der Waals surface area contributed by atoms with Gasteiger partial charge < -0.3 is 23.7 Å². The van der Waals surface area contributed by atoms with E-state index in [1.54, 1.807) is 52.7 Å². The molecule has 0 aromatic heterocycles. The zero-order chi connectivity index (χ0) is 17.7. The van der Waals surface area contributed by atoms with E-state index in [9.17, 15) is 5.26 Å². The Morgan fingerprint density at radius 3 is 1.46 bits per heavy atom. The highest BCUT2D eigenvalue weighted by Gasteiger charge is 2.19. The summed E-state index contributed by atoms with van der Waals surface area (Å²) in [5.74, 6) is 2.63. The summed E-state index contributed by atoms with van der Waals surface area (Å²) in [7, 11) is 7.72. The van der Waals surface area contributed by atoms with Gasteiger partial charge in [-0.15, -0.1) is 0 Å². The molecule has 0 saturated heterocycles. The summed E-state index contributed by atoms with van der Waals surface area (Å²) in [5, 5.41) is 9.51. The van der Waals surface area contributed by atoms with Crippen LogP contribution in [-0.4, -0.2) is 35.5 Å². The quantitative estimate of drug-likeness (QED) is 0.810. The zero-order valence-electron chi connectivity index (χ0n) is 14.3. The van der Waals surface area contributed by atoms with Crippen LogP contribution in [0.2, 0.25) is 0 Å². The van der Waals surface area contributed by atoms with Crippen LogP contribution in [0.3, 0.4) is 0 Å². The van der Waals surface area contributed by atoms with Gasteiger partial charge in [0.25, 0.3) is 0 Å². The Morgan fingerprint density at radius 1 is 0.583 bits per heavy atom. The molecule has 24 heavy (non-hydrogen) atoms. The van der Waals surface area contributed by atoms with E-state index < -0.39 is 0 Å². The normalized spacial score (nSPS) is 9.83. The highest BCUT2D eigenvalue weighted by atomic mass is 16.5. The molecule has 0 saturated carbocycles. The van der Waals surface area contributed by atoms with Crippen LogP contribution in [-0.2, 0) is 0 Å². The Balaban J connectivity index is 2.77. The van der Waals surface area contributed by atoms with Gasteiger partial charge in [0.05, 0.1) is 47.2 Å². The highest BCUT2D eigenvalue weighted by Crippen LogP contribution is 2.43. The van der Waals surface area contributed by atoms with Gasteiger partial charge in [-0.25, -0.2) is 0 Å². The standard InChI is InChI=1S/C18H19NO5/c1-20-14-9-18(24-5)17(23-4)8-13(14)12-7-16(22-3)15(21-2)6-11(12)10-19/h6-9H,1-5H3. The first kappa shape index (κ1) is 17.3. The summed E-state index contributed by atoms with van der Waals surface area (Å²) in [6, 6.07) is 9.02. The van der Waals surface area contributed by atoms with Crippen LogP contribution >= 0.6 is 0 Å². The van der Waals surface area contributed by atoms with Crippen molar-refractivity contribution in [3.8, 4) is 45.9 Å². The molecular formula is C18H19NO5. The number of nitrogens with zero attached hydrogens (tertiary/aromatic N) is 1. The van der Waals surface area contributed by atoms with Crippen LogP contribution in [0.4, 0.5) is 0 Å². The highest BCUT2D eigenvalue weighted by molar-refractivity contribution is 5.80. The third kappa shape index (κ3) is 3.01. The minimum Gasteiger partial charge on any atom is -0.496 e. The number of nitriles is 1. The first-order chi connectivity index (χ1) is 11.6. The molecule has 126 valence electrons. The van der Waals surface area contributed by atoms with Crippen LogP contribution in [0.25, 0.3) is 11.1 Å². The predicted molar refractivity (Wildman–Crippen MR) is 89.4 cm³/mol. The van der Waals surface area contributed by atoms with E-state index in [0.717, 1.165) is 0 Å². The molecule has 0 unspecified atom stereocenters. The van der Waals surface area contributed by atoms with Crippen molar-refractivity contribution in [2.45, 2.75) is 0 Å². The smallest absolute Gasteiger partial charge is 0.164 e. The molecule has 0 aliphatic rings. The third-order valence-corrected chi connectivity index (χ3v) is 3.64. The number of benzene rings is 2. The van der Waals surface area contributed by atoms with E-state index in [1.165, 1.54) is 7.11 Å². The monoisotopic (exact) mass is 329 g/mol. The van der Waals surface area contributed by atoms with Gasteiger partial charge in [-0.3, -0.25) is 0 Å². The second kappa shape index (κ2) is 7.47. The molecule has 6 heteroatoms. The maximum atomic E-state index is 9.51. The molecule has 0 fully saturated rings. The average Bonchev–Trinajstić information content (AvgIpc) is 2.65. The predicted octanol–water partition coefficient (Wildman–Crippen LogP) is 3.27. The summed E-state index contributed by atoms with van der Waals surface area (Å²) in [6.07, 6.45) is 0. The van der Waals surface area contributed by atoms with E-state index in [2.05, 4.69) is 6.07 Å². The van der Waals surface area contributed by atoms with Crippen molar-refractivity contribution in [3.63, 3.8) is 0 Å². The van der Waals surface area contributed by atoms with E-state index in [-0.39, 0.29) is 0 Å². The van der Waals surface area contributed by atoms with Gasteiger partial charge in [0.1, 0.15) is 5.75 Å². The third-order valence-electron chi connectivity index (χ3n) is 3.64. The van der Waals surface area contributed by atoms with Gasteiger partial charge in [0.2, 0.25) is 0 Å². The Kier molecular flexibility index (Phi) is 5.38. The molecule has 0 aliphatic heterocycles. The second-order valence-corrected chi connectivity index (χ2v) is 4.77. The molecule has 0 radical (unpaired) electrons. The van der Waals surface area contributed by atoms with Gasteiger partial charge in [0, 0.05) is 23.3 Å². The zero-order valence-corrected chi connectivity index (χ0v) is 14.3. The number of ether oxygens (including phenoxy) is 5. The van der Waals surface area contributed by atoms with Gasteiger partial charge in [-0.05, 0) is 12.1 Å². The Bertz CT molecular complexity index is 780. The lowest BCUT2D eigenvalue weighted by molar-refractivity contribution is 0.349. The van der Waals surface area contributed by atoms with Crippen molar-refractivity contribution >= 4 is 0 Å². The fraction of sp³-hybridized carbons (Fsp3) is 0.278. The maximum Gasteiger partial charge on any atom is 0.164 e. The van der Waals surface area contributed by atoms with E-state index in [0.29, 0.717) is 45.4 Å². The van der Waals surface area contributed by atoms with Gasteiger partial charge >= 0.3 is 0 Å². The molecule has 2 aromatic rings. The summed E-state index contributed by atoms with van der Waals surface area (Å²) in [4.78, 5) is 0. The van der Waals surface area contributed by atoms with Gasteiger partial charge in [-0.2, -0.15) is 5.26 Å². The van der Waals surface area contributed by atoms with E-state index >= 15 is 0 Å². The van der Waals surface area contributed by atoms with Crippen molar-refractivity contribution in [2.75, 3.05) is 35.5 Å². The number of hydrogen-bond donors (Lipinski definition) is 0. The Morgan fingerprint density at radius 2 is 1.00 bits per heavy atom. The molecule has 0 atom stereocenters. The van der Waals surface area contributed by atoms with Crippen LogP contribution in [0.1, 0.15) is 5.56 Å². The van der Waals surface area contributed by atoms with Crippen molar-refractivity contribution in [2.24, 2.45) is 0 Å². The lowest BCUT2D eigenvalue weighted by Crippen LogP contribution is -1.98. The molecule has 0 aliphatic carbocycles. The molecule has 6 nitrogen and oxygen atoms in total. The molecule has 2 rings (SSSR count). The molecule has 0 bridgehead atoms. The Labute approximate surface area is 141 Å². The minimum absolute atomic E-state index is 0.429. The molecule has 0 heterocycles. The van der Waals surface area contributed by atoms with E-state index in [1.807, 2.05) is 0 Å². The van der Waals surface area contributed by atoms with Crippen molar-refractivity contribution in [3.05, 3.63) is 29.8 Å². The van der Waals surface area contributed by atoms with Crippen LogP contribution in [0.15, 0.2) is 24.3 Å². The lowest BCUT2D eigenvalue weighted by atomic mass is 9.98. The molecule has 2 aromatic carbocycles. The SMILES string of the molecule is COc1cc(C#N)c(-c2cc(OC)c(OC)cc2OC)cc1OC. The number of hydrogen-bond acceptors (Lipinski definition) is 6. The summed E-state index contributed by atoms with van der Waals surface area (Å²) >= 11 is 0. The van der Waals surface area contributed by atoms with Crippen molar-refractivity contribution in [1.82, 2.24) is 0 Å². The van der Waals surface area contributed by atoms with E-state index in [4.69, 9.17) is 23.7 Å². The van der Waals surface area contributed by atoms with Crippen molar-refractivity contribution < 1.29 is 23.7 Å². The summed E-state index contributed by atoms with van der Waals surface area (Å²) in [6.45, 7) is 0. The van der Waals surface area contributed by atoms with Crippen molar-refractivity contribution in [1.29, 1.82) is 5.26 Å². The fourth-order valence-corrected chi connectivity index (χ4v) is 2.43. The van der Waals surface area contributed by atoms with Crippen LogP contribution in [0, 0.1) is 11.3 Å². The van der Waals surface area contributed by atoms with Gasteiger partial charge in [-0.1, -0.05) is 0 Å². The number of rotatable bonds is 6. The molecule has 0 amide bonds. The maximum absolute atomic E-state index is 9.51. The minimum atomic E-state index is 0.429.